The molecule has 116 valence electrons. The highest BCUT2D eigenvalue weighted by atomic mass is 16.6. The molecule has 1 aromatic heterocycles. The second-order valence-corrected chi connectivity index (χ2v) is 5.61. The van der Waals surface area contributed by atoms with E-state index < -0.39 is 4.92 Å². The average molecular weight is 294 g/mol. The molecule has 7 heteroatoms. The minimum atomic E-state index is -0.438. The molecule has 1 aliphatic carbocycles. The predicted octanol–water partition coefficient (Wildman–Crippen LogP) is 2.32. The van der Waals surface area contributed by atoms with Crippen molar-refractivity contribution in [2.45, 2.75) is 38.1 Å². The molecule has 0 radical (unpaired) electrons. The van der Waals surface area contributed by atoms with E-state index in [9.17, 15) is 10.1 Å². The number of nitrogens with two attached hydrogens (primary N) is 1. The third-order valence-electron chi connectivity index (χ3n) is 4.44. The Morgan fingerprint density at radius 2 is 2.33 bits per heavy atom. The van der Waals surface area contributed by atoms with Crippen molar-refractivity contribution in [3.8, 4) is 5.88 Å². The van der Waals surface area contributed by atoms with Gasteiger partial charge in [0.2, 0.25) is 11.7 Å². The highest BCUT2D eigenvalue weighted by Crippen LogP contribution is 2.37. The Morgan fingerprint density at radius 1 is 1.57 bits per heavy atom. The first-order valence-electron chi connectivity index (χ1n) is 7.20. The predicted molar refractivity (Wildman–Crippen MR) is 80.5 cm³/mol. The lowest BCUT2D eigenvalue weighted by Crippen LogP contribution is -2.52. The second-order valence-electron chi connectivity index (χ2n) is 5.61. The number of ether oxygens (including phenoxy) is 1. The van der Waals surface area contributed by atoms with E-state index in [-0.39, 0.29) is 17.0 Å². The maximum Gasteiger partial charge on any atom is 0.311 e. The Bertz CT molecular complexity index is 523. The summed E-state index contributed by atoms with van der Waals surface area (Å²) >= 11 is 0. The minimum absolute atomic E-state index is 0.0543. The van der Waals surface area contributed by atoms with Crippen LogP contribution in [0.3, 0.4) is 0 Å². The van der Waals surface area contributed by atoms with Gasteiger partial charge in [0, 0.05) is 18.7 Å². The van der Waals surface area contributed by atoms with Crippen molar-refractivity contribution in [2.24, 2.45) is 11.7 Å². The summed E-state index contributed by atoms with van der Waals surface area (Å²) in [6, 6.07) is 2.90. The van der Waals surface area contributed by atoms with Gasteiger partial charge < -0.3 is 15.8 Å². The summed E-state index contributed by atoms with van der Waals surface area (Å²) < 4.78 is 5.07. The van der Waals surface area contributed by atoms with Crippen LogP contribution in [0, 0.1) is 16.0 Å². The Hall–Kier alpha value is -1.89. The van der Waals surface area contributed by atoms with Crippen molar-refractivity contribution in [3.63, 3.8) is 0 Å². The Labute approximate surface area is 124 Å². The lowest BCUT2D eigenvalue weighted by molar-refractivity contribution is -0.384. The third-order valence-corrected chi connectivity index (χ3v) is 4.44. The molecule has 1 aliphatic rings. The monoisotopic (exact) mass is 294 g/mol. The number of hydrogen-bond acceptors (Lipinski definition) is 6. The van der Waals surface area contributed by atoms with Gasteiger partial charge in [0.1, 0.15) is 0 Å². The second kappa shape index (κ2) is 6.26. The van der Waals surface area contributed by atoms with E-state index in [0.717, 1.165) is 25.7 Å². The van der Waals surface area contributed by atoms with Crippen LogP contribution >= 0.6 is 0 Å². The molecule has 1 fully saturated rings. The van der Waals surface area contributed by atoms with Crippen LogP contribution in [0.2, 0.25) is 0 Å². The zero-order valence-corrected chi connectivity index (χ0v) is 12.5. The van der Waals surface area contributed by atoms with Crippen LogP contribution in [0.15, 0.2) is 12.1 Å². The summed E-state index contributed by atoms with van der Waals surface area (Å²) in [5.41, 5.74) is 5.58. The van der Waals surface area contributed by atoms with Gasteiger partial charge >= 0.3 is 5.69 Å². The summed E-state index contributed by atoms with van der Waals surface area (Å²) in [5, 5.41) is 14.5. The molecule has 2 atom stereocenters. The average Bonchev–Trinajstić information content (AvgIpc) is 2.49. The molecule has 1 saturated carbocycles. The number of nitrogens with one attached hydrogen (secondary N) is 1. The van der Waals surface area contributed by atoms with Crippen LogP contribution in [0.1, 0.15) is 32.6 Å². The van der Waals surface area contributed by atoms with E-state index in [1.165, 1.54) is 19.2 Å². The summed E-state index contributed by atoms with van der Waals surface area (Å²) in [6.45, 7) is 2.55. The first-order chi connectivity index (χ1) is 10.0. The van der Waals surface area contributed by atoms with Crippen LogP contribution < -0.4 is 15.8 Å². The van der Waals surface area contributed by atoms with E-state index in [1.807, 2.05) is 0 Å². The molecule has 0 saturated heterocycles. The van der Waals surface area contributed by atoms with Crippen LogP contribution in [0.4, 0.5) is 11.5 Å². The van der Waals surface area contributed by atoms with E-state index in [1.54, 1.807) is 0 Å². The fourth-order valence-electron chi connectivity index (χ4n) is 2.98. The van der Waals surface area contributed by atoms with Crippen molar-refractivity contribution in [3.05, 3.63) is 22.2 Å². The molecule has 21 heavy (non-hydrogen) atoms. The summed E-state index contributed by atoms with van der Waals surface area (Å²) in [5.74, 6) is 0.918. The Kier molecular flexibility index (Phi) is 4.62. The molecule has 7 nitrogen and oxygen atoms in total. The molecule has 0 amide bonds. The van der Waals surface area contributed by atoms with Crippen molar-refractivity contribution >= 4 is 11.5 Å². The molecule has 0 aliphatic heterocycles. The first kappa shape index (κ1) is 15.5. The van der Waals surface area contributed by atoms with Gasteiger partial charge in [-0.2, -0.15) is 4.98 Å². The van der Waals surface area contributed by atoms with E-state index in [0.29, 0.717) is 18.3 Å². The quantitative estimate of drug-likeness (QED) is 0.638. The number of nitrogens with zero attached hydrogens (tertiary/aromatic N) is 2. The number of anilines is 1. The molecular weight excluding hydrogens is 272 g/mol. The molecule has 2 rings (SSSR count). The maximum absolute atomic E-state index is 11.2. The molecule has 0 bridgehead atoms. The standard InChI is InChI=1S/C14H22N4O3/c1-10-5-3-4-8-14(10,9-15)17-13-11(18(19)20)6-7-12(16-13)21-2/h6-7,10H,3-5,8-9,15H2,1-2H3,(H,16,17). The maximum atomic E-state index is 11.2. The fraction of sp³-hybridized carbons (Fsp3) is 0.643. The number of hydrogen-bond donors (Lipinski definition) is 2. The molecule has 2 unspecified atom stereocenters. The molecule has 1 aromatic rings. The first-order valence-corrected chi connectivity index (χ1v) is 7.20. The van der Waals surface area contributed by atoms with Crippen molar-refractivity contribution < 1.29 is 9.66 Å². The van der Waals surface area contributed by atoms with E-state index >= 15 is 0 Å². The highest BCUT2D eigenvalue weighted by molar-refractivity contribution is 5.58. The number of rotatable bonds is 5. The number of pyridine rings is 1. The molecule has 1 heterocycles. The van der Waals surface area contributed by atoms with Crippen molar-refractivity contribution in [1.82, 2.24) is 4.98 Å². The topological polar surface area (TPSA) is 103 Å². The van der Waals surface area contributed by atoms with Gasteiger partial charge in [-0.15, -0.1) is 0 Å². The normalized spacial score (nSPS) is 25.4. The third kappa shape index (κ3) is 3.07. The minimum Gasteiger partial charge on any atom is -0.481 e. The Balaban J connectivity index is 2.37. The largest absolute Gasteiger partial charge is 0.481 e. The van der Waals surface area contributed by atoms with Crippen LogP contribution in [-0.4, -0.2) is 29.1 Å². The van der Waals surface area contributed by atoms with Gasteiger partial charge in [0.05, 0.1) is 17.6 Å². The Morgan fingerprint density at radius 3 is 2.90 bits per heavy atom. The zero-order chi connectivity index (χ0) is 15.5. The van der Waals surface area contributed by atoms with Crippen LogP contribution in [0.25, 0.3) is 0 Å². The smallest absolute Gasteiger partial charge is 0.311 e. The van der Waals surface area contributed by atoms with E-state index in [2.05, 4.69) is 17.2 Å². The van der Waals surface area contributed by atoms with Crippen molar-refractivity contribution in [2.75, 3.05) is 19.0 Å². The number of nitro groups is 1. The number of methoxy groups -OCH3 is 1. The molecule has 0 aromatic carbocycles. The van der Waals surface area contributed by atoms with Gasteiger partial charge in [0.25, 0.3) is 0 Å². The van der Waals surface area contributed by atoms with Gasteiger partial charge in [-0.25, -0.2) is 0 Å². The van der Waals surface area contributed by atoms with Gasteiger partial charge in [0.15, 0.2) is 0 Å². The lowest BCUT2D eigenvalue weighted by atomic mass is 9.73. The summed E-state index contributed by atoms with van der Waals surface area (Å²) in [6.07, 6.45) is 4.17. The lowest BCUT2D eigenvalue weighted by Gasteiger charge is -2.42. The summed E-state index contributed by atoms with van der Waals surface area (Å²) in [4.78, 5) is 15.0. The fourth-order valence-corrected chi connectivity index (χ4v) is 2.98. The van der Waals surface area contributed by atoms with Crippen LogP contribution in [0.5, 0.6) is 5.88 Å². The van der Waals surface area contributed by atoms with Crippen molar-refractivity contribution in [1.29, 1.82) is 0 Å². The molecule has 0 spiro atoms. The highest BCUT2D eigenvalue weighted by Gasteiger charge is 2.38. The molecule has 3 N–H and O–H groups in total. The van der Waals surface area contributed by atoms with Crippen LogP contribution in [-0.2, 0) is 0 Å². The van der Waals surface area contributed by atoms with Gasteiger partial charge in [-0.05, 0) is 18.8 Å². The van der Waals surface area contributed by atoms with Gasteiger partial charge in [-0.1, -0.05) is 19.8 Å². The summed E-state index contributed by atoms with van der Waals surface area (Å²) in [7, 11) is 1.49. The molecular formula is C14H22N4O3. The zero-order valence-electron chi connectivity index (χ0n) is 12.5. The van der Waals surface area contributed by atoms with Gasteiger partial charge in [-0.3, -0.25) is 10.1 Å². The number of aromatic nitrogens is 1. The SMILES string of the molecule is COc1ccc([N+](=O)[O-])c(NC2(CN)CCCCC2C)n1. The van der Waals surface area contributed by atoms with E-state index in [4.69, 9.17) is 10.5 Å².